The van der Waals surface area contributed by atoms with Gasteiger partial charge >= 0.3 is 0 Å². The first kappa shape index (κ1) is 18.3. The highest BCUT2D eigenvalue weighted by Crippen LogP contribution is 2.32. The van der Waals surface area contributed by atoms with Crippen LogP contribution in [0.25, 0.3) is 0 Å². The van der Waals surface area contributed by atoms with Gasteiger partial charge < -0.3 is 18.9 Å². The van der Waals surface area contributed by atoms with Gasteiger partial charge in [0, 0.05) is 6.07 Å². The molecule has 0 radical (unpaired) electrons. The zero-order valence-electron chi connectivity index (χ0n) is 14.6. The van der Waals surface area contributed by atoms with Crippen LogP contribution in [0.4, 0.5) is 0 Å². The molecule has 7 nitrogen and oxygen atoms in total. The van der Waals surface area contributed by atoms with Gasteiger partial charge in [-0.2, -0.15) is 0 Å². The van der Waals surface area contributed by atoms with Crippen LogP contribution in [0.3, 0.4) is 0 Å². The third kappa shape index (κ3) is 4.39. The minimum Gasteiger partial charge on any atom is -0.497 e. The lowest BCUT2D eigenvalue weighted by atomic mass is 10.3. The standard InChI is InChI=1S/C18H21NO6S/c1-13(12-25-15-5-3-14(22-2)4-6-15)19-26(20,21)16-7-8-17-18(11-16)24-10-9-23-17/h3-8,11,13,19H,9-10,12H2,1-2H3. The number of methoxy groups -OCH3 is 1. The molecule has 1 atom stereocenters. The molecule has 26 heavy (non-hydrogen) atoms. The summed E-state index contributed by atoms with van der Waals surface area (Å²) >= 11 is 0. The monoisotopic (exact) mass is 379 g/mol. The molecular weight excluding hydrogens is 358 g/mol. The van der Waals surface area contributed by atoms with E-state index in [0.717, 1.165) is 5.75 Å². The molecule has 0 bridgehead atoms. The molecular formula is C18H21NO6S. The number of fused-ring (bicyclic) bond motifs is 1. The third-order valence-electron chi connectivity index (χ3n) is 3.74. The Kier molecular flexibility index (Phi) is 5.53. The van der Waals surface area contributed by atoms with Gasteiger partial charge in [0.25, 0.3) is 0 Å². The van der Waals surface area contributed by atoms with Gasteiger partial charge in [-0.1, -0.05) is 0 Å². The fourth-order valence-corrected chi connectivity index (χ4v) is 3.69. The van der Waals surface area contributed by atoms with Crippen LogP contribution >= 0.6 is 0 Å². The molecule has 2 aromatic rings. The van der Waals surface area contributed by atoms with Crippen LogP contribution in [0.1, 0.15) is 6.92 Å². The van der Waals surface area contributed by atoms with E-state index < -0.39 is 16.1 Å². The molecule has 0 amide bonds. The van der Waals surface area contributed by atoms with Crippen LogP contribution in [0, 0.1) is 0 Å². The maximum Gasteiger partial charge on any atom is 0.241 e. The molecule has 2 aromatic carbocycles. The van der Waals surface area contributed by atoms with Crippen molar-refractivity contribution < 1.29 is 27.4 Å². The Labute approximate surface area is 152 Å². The molecule has 1 aliphatic rings. The van der Waals surface area contributed by atoms with Gasteiger partial charge in [-0.15, -0.1) is 0 Å². The van der Waals surface area contributed by atoms with E-state index in [4.69, 9.17) is 18.9 Å². The van der Waals surface area contributed by atoms with E-state index in [2.05, 4.69) is 4.72 Å². The second kappa shape index (κ2) is 7.84. The number of rotatable bonds is 7. The minimum absolute atomic E-state index is 0.123. The summed E-state index contributed by atoms with van der Waals surface area (Å²) in [4.78, 5) is 0.123. The molecule has 1 N–H and O–H groups in total. The summed E-state index contributed by atoms with van der Waals surface area (Å²) in [6, 6.07) is 11.2. The Bertz CT molecular complexity index is 850. The summed E-state index contributed by atoms with van der Waals surface area (Å²) in [6.07, 6.45) is 0. The molecule has 1 heterocycles. The van der Waals surface area contributed by atoms with Crippen molar-refractivity contribution in [1.29, 1.82) is 0 Å². The Morgan fingerprint density at radius 3 is 2.38 bits per heavy atom. The number of nitrogens with one attached hydrogen (secondary N) is 1. The molecule has 3 rings (SSSR count). The normalized spacial score (nSPS) is 14.5. The molecule has 0 aliphatic carbocycles. The van der Waals surface area contributed by atoms with E-state index in [1.165, 1.54) is 12.1 Å². The van der Waals surface area contributed by atoms with Gasteiger partial charge in [-0.25, -0.2) is 13.1 Å². The zero-order chi connectivity index (χ0) is 18.6. The van der Waals surface area contributed by atoms with E-state index in [1.54, 1.807) is 44.4 Å². The highest BCUT2D eigenvalue weighted by atomic mass is 32.2. The maximum absolute atomic E-state index is 12.5. The molecule has 140 valence electrons. The van der Waals surface area contributed by atoms with E-state index in [-0.39, 0.29) is 11.5 Å². The van der Waals surface area contributed by atoms with Gasteiger partial charge in [0.05, 0.1) is 18.0 Å². The van der Waals surface area contributed by atoms with Crippen molar-refractivity contribution in [1.82, 2.24) is 4.72 Å². The number of hydrogen-bond donors (Lipinski definition) is 1. The second-order valence-electron chi connectivity index (χ2n) is 5.81. The summed E-state index contributed by atoms with van der Waals surface area (Å²) in [5.41, 5.74) is 0. The molecule has 0 spiro atoms. The van der Waals surface area contributed by atoms with Gasteiger partial charge in [-0.3, -0.25) is 0 Å². The largest absolute Gasteiger partial charge is 0.497 e. The van der Waals surface area contributed by atoms with Crippen molar-refractivity contribution in [2.75, 3.05) is 26.9 Å². The van der Waals surface area contributed by atoms with Crippen LogP contribution in [0.15, 0.2) is 47.4 Å². The lowest BCUT2D eigenvalue weighted by Crippen LogP contribution is -2.36. The summed E-state index contributed by atoms with van der Waals surface area (Å²) in [7, 11) is -2.11. The summed E-state index contributed by atoms with van der Waals surface area (Å²) < 4.78 is 49.2. The fourth-order valence-electron chi connectivity index (χ4n) is 2.45. The molecule has 8 heteroatoms. The minimum atomic E-state index is -3.69. The number of hydrogen-bond acceptors (Lipinski definition) is 6. The van der Waals surface area contributed by atoms with Crippen molar-refractivity contribution in [3.8, 4) is 23.0 Å². The maximum atomic E-state index is 12.5. The molecule has 0 fully saturated rings. The Hall–Kier alpha value is -2.45. The zero-order valence-corrected chi connectivity index (χ0v) is 15.4. The molecule has 1 unspecified atom stereocenters. The van der Waals surface area contributed by atoms with Gasteiger partial charge in [-0.05, 0) is 43.3 Å². The first-order chi connectivity index (χ1) is 12.5. The summed E-state index contributed by atoms with van der Waals surface area (Å²) in [6.45, 7) is 2.78. The highest BCUT2D eigenvalue weighted by Gasteiger charge is 2.21. The van der Waals surface area contributed by atoms with Crippen molar-refractivity contribution >= 4 is 10.0 Å². The Morgan fingerprint density at radius 1 is 1.04 bits per heavy atom. The summed E-state index contributed by atoms with van der Waals surface area (Å²) in [5.74, 6) is 2.34. The predicted molar refractivity (Wildman–Crippen MR) is 95.7 cm³/mol. The quantitative estimate of drug-likeness (QED) is 0.794. The van der Waals surface area contributed by atoms with Gasteiger partial charge in [0.1, 0.15) is 31.3 Å². The topological polar surface area (TPSA) is 83.1 Å². The highest BCUT2D eigenvalue weighted by molar-refractivity contribution is 7.89. The summed E-state index contributed by atoms with van der Waals surface area (Å²) in [5, 5.41) is 0. The van der Waals surface area contributed by atoms with Crippen LogP contribution in [-0.2, 0) is 10.0 Å². The van der Waals surface area contributed by atoms with E-state index in [9.17, 15) is 8.42 Å². The Morgan fingerprint density at radius 2 is 1.69 bits per heavy atom. The average Bonchev–Trinajstić information content (AvgIpc) is 2.66. The molecule has 0 saturated carbocycles. The van der Waals surface area contributed by atoms with Gasteiger partial charge in [0.15, 0.2) is 11.5 Å². The van der Waals surface area contributed by atoms with E-state index >= 15 is 0 Å². The lowest BCUT2D eigenvalue weighted by Gasteiger charge is -2.20. The van der Waals surface area contributed by atoms with Crippen molar-refractivity contribution in [3.05, 3.63) is 42.5 Å². The predicted octanol–water partition coefficient (Wildman–Crippen LogP) is 2.21. The van der Waals surface area contributed by atoms with Gasteiger partial charge in [0.2, 0.25) is 10.0 Å². The number of ether oxygens (including phenoxy) is 4. The lowest BCUT2D eigenvalue weighted by molar-refractivity contribution is 0.171. The van der Waals surface area contributed by atoms with Crippen molar-refractivity contribution in [3.63, 3.8) is 0 Å². The number of sulfonamides is 1. The van der Waals surface area contributed by atoms with Crippen LogP contribution < -0.4 is 23.7 Å². The van der Waals surface area contributed by atoms with Crippen LogP contribution in [0.5, 0.6) is 23.0 Å². The van der Waals surface area contributed by atoms with E-state index in [0.29, 0.717) is 30.5 Å². The van der Waals surface area contributed by atoms with Crippen LogP contribution in [-0.4, -0.2) is 41.4 Å². The number of benzene rings is 2. The Balaban J connectivity index is 1.61. The van der Waals surface area contributed by atoms with Crippen molar-refractivity contribution in [2.45, 2.75) is 17.9 Å². The second-order valence-corrected chi connectivity index (χ2v) is 7.53. The smallest absolute Gasteiger partial charge is 0.241 e. The van der Waals surface area contributed by atoms with Crippen LogP contribution in [0.2, 0.25) is 0 Å². The SMILES string of the molecule is COc1ccc(OCC(C)NS(=O)(=O)c2ccc3c(c2)OCCO3)cc1. The van der Waals surface area contributed by atoms with E-state index in [1.807, 2.05) is 0 Å². The molecule has 1 aliphatic heterocycles. The third-order valence-corrected chi connectivity index (χ3v) is 5.33. The fraction of sp³-hybridized carbons (Fsp3) is 0.333. The average molecular weight is 379 g/mol. The van der Waals surface area contributed by atoms with Crippen molar-refractivity contribution in [2.24, 2.45) is 0 Å². The first-order valence-corrected chi connectivity index (χ1v) is 9.65. The molecule has 0 saturated heterocycles. The molecule has 0 aromatic heterocycles. The first-order valence-electron chi connectivity index (χ1n) is 8.17.